The van der Waals surface area contributed by atoms with Crippen molar-refractivity contribution in [3.05, 3.63) is 54.1 Å². The highest BCUT2D eigenvalue weighted by Gasteiger charge is 1.92. The molecule has 0 aliphatic heterocycles. The number of rotatable bonds is 3. The van der Waals surface area contributed by atoms with Crippen molar-refractivity contribution < 1.29 is 0 Å². The highest BCUT2D eigenvalue weighted by Crippen LogP contribution is 2.14. The van der Waals surface area contributed by atoms with Gasteiger partial charge >= 0.3 is 0 Å². The van der Waals surface area contributed by atoms with Crippen molar-refractivity contribution in [2.45, 2.75) is 6.92 Å². The topological polar surface area (TPSA) is 23.9 Å². The first-order chi connectivity index (χ1) is 6.38. The van der Waals surface area contributed by atoms with E-state index in [1.807, 2.05) is 37.3 Å². The van der Waals surface area contributed by atoms with Crippen LogP contribution in [-0.2, 0) is 0 Å². The molecule has 0 radical (unpaired) electrons. The number of allylic oxidation sites excluding steroid dienone is 4. The van der Waals surface area contributed by atoms with Crippen molar-refractivity contribution in [2.24, 2.45) is 0 Å². The Balaban J connectivity index is 2.92. The van der Waals surface area contributed by atoms with Crippen LogP contribution < -0.4 is 0 Å². The molecule has 1 nitrogen and oxygen atoms in total. The van der Waals surface area contributed by atoms with Crippen LogP contribution in [-0.4, -0.2) is 6.21 Å². The summed E-state index contributed by atoms with van der Waals surface area (Å²) in [7, 11) is 0. The van der Waals surface area contributed by atoms with E-state index in [1.165, 1.54) is 11.8 Å². The maximum Gasteiger partial charge on any atom is 0.0177 e. The molecule has 0 fully saturated rings. The quantitative estimate of drug-likeness (QED) is 0.533. The van der Waals surface area contributed by atoms with Crippen LogP contribution in [0.4, 0.5) is 0 Å². The molecular weight excluding hydrogens is 158 g/mol. The van der Waals surface area contributed by atoms with Gasteiger partial charge in [0.05, 0.1) is 0 Å². The van der Waals surface area contributed by atoms with Gasteiger partial charge in [-0.2, -0.15) is 0 Å². The fourth-order valence-electron chi connectivity index (χ4n) is 1.14. The summed E-state index contributed by atoms with van der Waals surface area (Å²) in [6, 6.07) is 10.1. The lowest BCUT2D eigenvalue weighted by Crippen LogP contribution is -1.78. The van der Waals surface area contributed by atoms with Crippen LogP contribution in [0, 0.1) is 5.41 Å². The van der Waals surface area contributed by atoms with Crippen LogP contribution >= 0.6 is 0 Å². The lowest BCUT2D eigenvalue weighted by atomic mass is 10.1. The van der Waals surface area contributed by atoms with Crippen LogP contribution in [0.1, 0.15) is 12.5 Å². The monoisotopic (exact) mass is 171 g/mol. The predicted octanol–water partition coefficient (Wildman–Crippen LogP) is 3.30. The Morgan fingerprint density at radius 2 is 1.92 bits per heavy atom. The average molecular weight is 171 g/mol. The first-order valence-corrected chi connectivity index (χ1v) is 4.27. The first kappa shape index (κ1) is 9.46. The number of hydrogen-bond acceptors (Lipinski definition) is 1. The van der Waals surface area contributed by atoms with E-state index in [0.717, 1.165) is 5.57 Å². The van der Waals surface area contributed by atoms with E-state index in [0.29, 0.717) is 0 Å². The van der Waals surface area contributed by atoms with Gasteiger partial charge in [-0.05, 0) is 24.1 Å². The van der Waals surface area contributed by atoms with Crippen molar-refractivity contribution in [3.63, 3.8) is 0 Å². The van der Waals surface area contributed by atoms with Crippen molar-refractivity contribution in [1.82, 2.24) is 0 Å². The normalized spacial score (nSPS) is 11.9. The maximum atomic E-state index is 6.89. The van der Waals surface area contributed by atoms with Gasteiger partial charge in [0, 0.05) is 6.21 Å². The highest BCUT2D eigenvalue weighted by molar-refractivity contribution is 5.79. The number of benzene rings is 1. The third kappa shape index (κ3) is 2.71. The van der Waals surface area contributed by atoms with E-state index in [-0.39, 0.29) is 0 Å². The fraction of sp³-hybridized carbons (Fsp3) is 0.0833. The molecule has 0 heterocycles. The van der Waals surface area contributed by atoms with Gasteiger partial charge in [-0.1, -0.05) is 42.5 Å². The molecule has 0 aliphatic rings. The second-order valence-electron chi connectivity index (χ2n) is 2.64. The Kier molecular flexibility index (Phi) is 3.71. The summed E-state index contributed by atoms with van der Waals surface area (Å²) in [5, 5.41) is 6.89. The molecule has 0 saturated heterocycles. The summed E-state index contributed by atoms with van der Waals surface area (Å²) < 4.78 is 0. The predicted molar refractivity (Wildman–Crippen MR) is 58.0 cm³/mol. The number of nitrogens with one attached hydrogen (secondary N) is 1. The van der Waals surface area contributed by atoms with Crippen LogP contribution in [0.25, 0.3) is 5.57 Å². The van der Waals surface area contributed by atoms with E-state index in [2.05, 4.69) is 12.1 Å². The minimum atomic E-state index is 1.14. The summed E-state index contributed by atoms with van der Waals surface area (Å²) in [5.74, 6) is 0. The van der Waals surface area contributed by atoms with Crippen LogP contribution in [0.3, 0.4) is 0 Å². The van der Waals surface area contributed by atoms with E-state index < -0.39 is 0 Å². The maximum absolute atomic E-state index is 6.89. The molecule has 1 rings (SSSR count). The molecule has 0 atom stereocenters. The van der Waals surface area contributed by atoms with Crippen molar-refractivity contribution in [2.75, 3.05) is 0 Å². The minimum Gasteiger partial charge on any atom is -0.309 e. The van der Waals surface area contributed by atoms with Gasteiger partial charge < -0.3 is 5.41 Å². The molecule has 0 aromatic heterocycles. The Morgan fingerprint density at radius 1 is 1.23 bits per heavy atom. The van der Waals surface area contributed by atoms with E-state index >= 15 is 0 Å². The molecule has 66 valence electrons. The molecule has 1 aromatic rings. The molecule has 0 saturated carbocycles. The first-order valence-electron chi connectivity index (χ1n) is 4.27. The molecule has 0 spiro atoms. The van der Waals surface area contributed by atoms with Gasteiger partial charge in [0.15, 0.2) is 0 Å². The van der Waals surface area contributed by atoms with Gasteiger partial charge in [0.25, 0.3) is 0 Å². The molecule has 0 aliphatic carbocycles. The van der Waals surface area contributed by atoms with Crippen molar-refractivity contribution >= 4 is 11.8 Å². The summed E-state index contributed by atoms with van der Waals surface area (Å²) >= 11 is 0. The Bertz CT molecular complexity index is 320. The summed E-state index contributed by atoms with van der Waals surface area (Å²) in [4.78, 5) is 0. The van der Waals surface area contributed by atoms with Gasteiger partial charge in [0.1, 0.15) is 0 Å². The number of hydrogen-bond donors (Lipinski definition) is 1. The van der Waals surface area contributed by atoms with Crippen molar-refractivity contribution in [1.29, 1.82) is 5.41 Å². The Morgan fingerprint density at radius 3 is 2.46 bits per heavy atom. The van der Waals surface area contributed by atoms with Crippen LogP contribution in [0.15, 0.2) is 48.6 Å². The highest BCUT2D eigenvalue weighted by atomic mass is 14.3. The molecule has 0 amide bonds. The summed E-state index contributed by atoms with van der Waals surface area (Å²) in [5.41, 5.74) is 2.33. The second-order valence-corrected chi connectivity index (χ2v) is 2.64. The third-order valence-corrected chi connectivity index (χ3v) is 1.79. The molecule has 1 heteroatoms. The van der Waals surface area contributed by atoms with E-state index in [4.69, 9.17) is 5.41 Å². The SMILES string of the molecule is C/C=C(\C=C/C=N)c1ccccc1. The zero-order valence-electron chi connectivity index (χ0n) is 7.70. The molecular formula is C12H13N. The smallest absolute Gasteiger partial charge is 0.0177 e. The Labute approximate surface area is 78.9 Å². The summed E-state index contributed by atoms with van der Waals surface area (Å²) in [6.45, 7) is 2.00. The van der Waals surface area contributed by atoms with Gasteiger partial charge in [0.2, 0.25) is 0 Å². The third-order valence-electron chi connectivity index (χ3n) is 1.79. The fourth-order valence-corrected chi connectivity index (χ4v) is 1.14. The minimum absolute atomic E-state index is 1.14. The van der Waals surface area contributed by atoms with Gasteiger partial charge in [-0.15, -0.1) is 0 Å². The zero-order chi connectivity index (χ0) is 9.52. The van der Waals surface area contributed by atoms with E-state index in [9.17, 15) is 0 Å². The Hall–Kier alpha value is -1.63. The van der Waals surface area contributed by atoms with E-state index in [1.54, 1.807) is 6.08 Å². The summed E-state index contributed by atoms with van der Waals surface area (Å²) in [6.07, 6.45) is 6.98. The lowest BCUT2D eigenvalue weighted by molar-refractivity contribution is 1.57. The average Bonchev–Trinajstić information content (AvgIpc) is 2.21. The molecule has 0 unspecified atom stereocenters. The molecule has 1 aromatic carbocycles. The molecule has 0 bridgehead atoms. The van der Waals surface area contributed by atoms with Gasteiger partial charge in [-0.3, -0.25) is 0 Å². The lowest BCUT2D eigenvalue weighted by Gasteiger charge is -1.99. The standard InChI is InChI=1S/C12H13N/c1-2-11(9-6-10-13)12-7-4-3-5-8-12/h2-10,13H,1H3/b9-6-,11-2+,13-10?. The van der Waals surface area contributed by atoms with Crippen LogP contribution in [0.2, 0.25) is 0 Å². The van der Waals surface area contributed by atoms with Crippen molar-refractivity contribution in [3.8, 4) is 0 Å². The largest absolute Gasteiger partial charge is 0.309 e. The molecule has 13 heavy (non-hydrogen) atoms. The van der Waals surface area contributed by atoms with Crippen LogP contribution in [0.5, 0.6) is 0 Å². The molecule has 1 N–H and O–H groups in total. The second kappa shape index (κ2) is 5.09. The van der Waals surface area contributed by atoms with Gasteiger partial charge in [-0.25, -0.2) is 0 Å². The zero-order valence-corrected chi connectivity index (χ0v) is 7.70.